The summed E-state index contributed by atoms with van der Waals surface area (Å²) in [5, 5.41) is 2.49. The van der Waals surface area contributed by atoms with E-state index in [9.17, 15) is 4.79 Å². The lowest BCUT2D eigenvalue weighted by atomic mass is 10.0. The van der Waals surface area contributed by atoms with Gasteiger partial charge in [-0.2, -0.15) is 0 Å². The third-order valence-corrected chi connectivity index (χ3v) is 6.22. The highest BCUT2D eigenvalue weighted by Gasteiger charge is 2.19. The molecule has 1 aliphatic heterocycles. The van der Waals surface area contributed by atoms with Gasteiger partial charge < -0.3 is 15.4 Å². The monoisotopic (exact) mass is 421 g/mol. The van der Waals surface area contributed by atoms with Crippen LogP contribution in [0.2, 0.25) is 0 Å². The Hall–Kier alpha value is -2.86. The van der Waals surface area contributed by atoms with Crippen LogP contribution in [0.5, 0.6) is 5.75 Å². The summed E-state index contributed by atoms with van der Waals surface area (Å²) in [7, 11) is 0. The predicted molar refractivity (Wildman–Crippen MR) is 122 cm³/mol. The average Bonchev–Trinajstić information content (AvgIpc) is 3.19. The molecule has 0 atom stereocenters. The van der Waals surface area contributed by atoms with Gasteiger partial charge in [-0.3, -0.25) is 4.79 Å². The Balaban J connectivity index is 1.50. The van der Waals surface area contributed by atoms with Crippen molar-refractivity contribution in [2.24, 2.45) is 0 Å². The van der Waals surface area contributed by atoms with Crippen LogP contribution in [0.15, 0.2) is 41.8 Å². The average molecular weight is 422 g/mol. The number of piperidine rings is 1. The molecule has 0 spiro atoms. The van der Waals surface area contributed by atoms with Gasteiger partial charge in [0.25, 0.3) is 5.91 Å². The number of ether oxygens (including phenoxy) is 1. The number of benzene rings is 2. The van der Waals surface area contributed by atoms with Crippen molar-refractivity contribution in [2.45, 2.75) is 39.7 Å². The van der Waals surface area contributed by atoms with Crippen LogP contribution < -0.4 is 10.5 Å². The number of nitrogen functional groups attached to an aromatic ring is 1. The highest BCUT2D eigenvalue weighted by Crippen LogP contribution is 2.33. The second-order valence-electron chi connectivity index (χ2n) is 7.85. The van der Waals surface area contributed by atoms with Gasteiger partial charge in [0.15, 0.2) is 5.13 Å². The molecule has 0 radical (unpaired) electrons. The number of thiazole rings is 1. The number of rotatable bonds is 5. The van der Waals surface area contributed by atoms with Crippen molar-refractivity contribution in [3.8, 4) is 17.0 Å². The number of nitrogens with two attached hydrogens (primary N) is 1. The zero-order valence-corrected chi connectivity index (χ0v) is 18.3. The van der Waals surface area contributed by atoms with Crippen molar-refractivity contribution >= 4 is 22.4 Å². The van der Waals surface area contributed by atoms with E-state index in [1.807, 2.05) is 54.5 Å². The summed E-state index contributed by atoms with van der Waals surface area (Å²) < 4.78 is 6.17. The van der Waals surface area contributed by atoms with Gasteiger partial charge in [0.1, 0.15) is 12.4 Å². The number of amides is 1. The molecule has 2 aromatic carbocycles. The highest BCUT2D eigenvalue weighted by atomic mass is 32.1. The molecular weight excluding hydrogens is 394 g/mol. The van der Waals surface area contributed by atoms with Crippen molar-refractivity contribution in [1.82, 2.24) is 9.88 Å². The summed E-state index contributed by atoms with van der Waals surface area (Å²) in [4.78, 5) is 19.1. The van der Waals surface area contributed by atoms with Gasteiger partial charge in [0, 0.05) is 29.6 Å². The lowest BCUT2D eigenvalue weighted by molar-refractivity contribution is 0.0724. The van der Waals surface area contributed by atoms with Crippen molar-refractivity contribution < 1.29 is 9.53 Å². The molecule has 4 rings (SSSR count). The molecule has 1 fully saturated rings. The maximum atomic E-state index is 12.8. The summed E-state index contributed by atoms with van der Waals surface area (Å²) in [5.74, 6) is 0.908. The second kappa shape index (κ2) is 8.88. The largest absolute Gasteiger partial charge is 0.488 e. The molecule has 5 nitrogen and oxygen atoms in total. The molecule has 2 N–H and O–H groups in total. The number of carbonyl (C=O) groups is 1. The molecule has 156 valence electrons. The van der Waals surface area contributed by atoms with Crippen LogP contribution in [-0.4, -0.2) is 28.9 Å². The Kier molecular flexibility index (Phi) is 6.04. The molecule has 30 heavy (non-hydrogen) atoms. The van der Waals surface area contributed by atoms with Crippen LogP contribution in [0, 0.1) is 13.8 Å². The van der Waals surface area contributed by atoms with Crippen LogP contribution in [-0.2, 0) is 6.61 Å². The highest BCUT2D eigenvalue weighted by molar-refractivity contribution is 7.13. The summed E-state index contributed by atoms with van der Waals surface area (Å²) in [5.41, 5.74) is 11.6. The minimum Gasteiger partial charge on any atom is -0.488 e. The predicted octanol–water partition coefficient (Wildman–Crippen LogP) is 5.21. The van der Waals surface area contributed by atoms with Gasteiger partial charge in [-0.15, -0.1) is 11.3 Å². The first-order valence-electron chi connectivity index (χ1n) is 10.3. The Morgan fingerprint density at radius 1 is 1.13 bits per heavy atom. The van der Waals surface area contributed by atoms with Crippen LogP contribution in [0.4, 0.5) is 5.13 Å². The Labute approximate surface area is 181 Å². The maximum absolute atomic E-state index is 12.8. The summed E-state index contributed by atoms with van der Waals surface area (Å²) in [6.07, 6.45) is 3.41. The first-order valence-corrected chi connectivity index (χ1v) is 11.2. The lowest BCUT2D eigenvalue weighted by Gasteiger charge is -2.27. The number of anilines is 1. The van der Waals surface area contributed by atoms with Crippen LogP contribution >= 0.6 is 11.3 Å². The summed E-state index contributed by atoms with van der Waals surface area (Å²) >= 11 is 1.42. The molecule has 1 saturated heterocycles. The number of nitrogens with zero attached hydrogens (tertiary/aromatic N) is 2. The summed E-state index contributed by atoms with van der Waals surface area (Å²) in [6, 6.07) is 12.0. The Morgan fingerprint density at radius 2 is 1.93 bits per heavy atom. The molecule has 3 aromatic rings. The lowest BCUT2D eigenvalue weighted by Crippen LogP contribution is -2.35. The minimum atomic E-state index is 0.132. The van der Waals surface area contributed by atoms with E-state index >= 15 is 0 Å². The van der Waals surface area contributed by atoms with Gasteiger partial charge in [-0.05, 0) is 68.5 Å². The Morgan fingerprint density at radius 3 is 2.63 bits per heavy atom. The minimum absolute atomic E-state index is 0.132. The number of aryl methyl sites for hydroxylation is 2. The molecule has 0 aliphatic carbocycles. The van der Waals surface area contributed by atoms with E-state index in [2.05, 4.69) is 11.1 Å². The third kappa shape index (κ3) is 4.49. The number of aromatic nitrogens is 1. The SMILES string of the molecule is Cc1ccc(OCc2ccc(C(=O)N3CCCCC3)cc2C)c(-c2csc(N)n2)c1. The number of hydrogen-bond donors (Lipinski definition) is 1. The van der Waals surface area contributed by atoms with E-state index in [-0.39, 0.29) is 5.91 Å². The van der Waals surface area contributed by atoms with Gasteiger partial charge in [-0.25, -0.2) is 4.98 Å². The number of carbonyl (C=O) groups excluding carboxylic acids is 1. The molecule has 1 aliphatic rings. The van der Waals surface area contributed by atoms with E-state index in [1.165, 1.54) is 17.8 Å². The second-order valence-corrected chi connectivity index (χ2v) is 8.74. The fourth-order valence-corrected chi connectivity index (χ4v) is 4.37. The fraction of sp³-hybridized carbons (Fsp3) is 0.333. The van der Waals surface area contributed by atoms with E-state index < -0.39 is 0 Å². The van der Waals surface area contributed by atoms with Crippen LogP contribution in [0.1, 0.15) is 46.3 Å². The molecular formula is C24H27N3O2S. The van der Waals surface area contributed by atoms with Crippen molar-refractivity contribution in [2.75, 3.05) is 18.8 Å². The standard InChI is InChI=1S/C24H27N3O2S/c1-16-6-9-22(20(12-16)21-15-30-24(25)26-21)29-14-19-8-7-18(13-17(19)2)23(28)27-10-4-3-5-11-27/h6-9,12-13,15H,3-5,10-11,14H2,1-2H3,(H2,25,26). The van der Waals surface area contributed by atoms with Crippen molar-refractivity contribution in [3.05, 3.63) is 64.0 Å². The van der Waals surface area contributed by atoms with Crippen LogP contribution in [0.3, 0.4) is 0 Å². The number of likely N-dealkylation sites (tertiary alicyclic amines) is 1. The van der Waals surface area contributed by atoms with E-state index in [4.69, 9.17) is 10.5 Å². The van der Waals surface area contributed by atoms with E-state index in [1.54, 1.807) is 0 Å². The van der Waals surface area contributed by atoms with Crippen molar-refractivity contribution in [3.63, 3.8) is 0 Å². The maximum Gasteiger partial charge on any atom is 0.253 e. The Bertz CT molecular complexity index is 1050. The quantitative estimate of drug-likeness (QED) is 0.614. The normalized spacial score (nSPS) is 14.0. The van der Waals surface area contributed by atoms with E-state index in [0.29, 0.717) is 11.7 Å². The molecule has 2 heterocycles. The molecule has 1 amide bonds. The molecule has 6 heteroatoms. The topological polar surface area (TPSA) is 68.5 Å². The van der Waals surface area contributed by atoms with Gasteiger partial charge in [-0.1, -0.05) is 17.7 Å². The summed E-state index contributed by atoms with van der Waals surface area (Å²) in [6.45, 7) is 6.23. The molecule has 0 saturated carbocycles. The zero-order valence-electron chi connectivity index (χ0n) is 17.5. The smallest absolute Gasteiger partial charge is 0.253 e. The van der Waals surface area contributed by atoms with E-state index in [0.717, 1.165) is 65.2 Å². The van der Waals surface area contributed by atoms with Crippen LogP contribution in [0.25, 0.3) is 11.3 Å². The van der Waals surface area contributed by atoms with Gasteiger partial charge in [0.2, 0.25) is 0 Å². The van der Waals surface area contributed by atoms with Gasteiger partial charge >= 0.3 is 0 Å². The third-order valence-electron chi connectivity index (χ3n) is 5.55. The van der Waals surface area contributed by atoms with Gasteiger partial charge in [0.05, 0.1) is 5.69 Å². The zero-order chi connectivity index (χ0) is 21.1. The first-order chi connectivity index (χ1) is 14.5. The fourth-order valence-electron chi connectivity index (χ4n) is 3.81. The molecule has 1 aromatic heterocycles. The number of hydrogen-bond acceptors (Lipinski definition) is 5. The molecule has 0 unspecified atom stereocenters. The molecule has 0 bridgehead atoms. The first kappa shape index (κ1) is 20.4. The van der Waals surface area contributed by atoms with Crippen molar-refractivity contribution in [1.29, 1.82) is 0 Å².